The normalized spacial score (nSPS) is 15.4. The maximum absolute atomic E-state index is 13.6. The standard InChI is InChI=1S/C27H22N4O3S/c1-17-23(25(32)30-20-6-4-3-5-7-20)24(19-8-10-21(34-2)11-9-19)31-26(33)22(35-27(31)29-17)16-18-12-14-28-15-13-18/h3-16,24H,1-2H3,(H,30,32)/b22-16-/t24-/m0/s1. The van der Waals surface area contributed by atoms with Crippen LogP contribution >= 0.6 is 11.3 Å². The second-order valence-electron chi connectivity index (χ2n) is 7.96. The summed E-state index contributed by atoms with van der Waals surface area (Å²) >= 11 is 1.30. The van der Waals surface area contributed by atoms with Crippen LogP contribution in [-0.4, -0.2) is 22.6 Å². The lowest BCUT2D eigenvalue weighted by molar-refractivity contribution is -0.113. The van der Waals surface area contributed by atoms with E-state index >= 15 is 0 Å². The molecule has 0 spiro atoms. The molecular formula is C27H22N4O3S. The Morgan fingerprint density at radius 2 is 1.77 bits per heavy atom. The van der Waals surface area contributed by atoms with Gasteiger partial charge < -0.3 is 10.1 Å². The lowest BCUT2D eigenvalue weighted by Crippen LogP contribution is -2.40. The Morgan fingerprint density at radius 3 is 2.46 bits per heavy atom. The molecule has 2 aromatic heterocycles. The van der Waals surface area contributed by atoms with Crippen molar-refractivity contribution in [2.24, 2.45) is 4.99 Å². The number of benzene rings is 2. The summed E-state index contributed by atoms with van der Waals surface area (Å²) in [6.07, 6.45) is 5.18. The molecule has 0 saturated carbocycles. The van der Waals surface area contributed by atoms with E-state index in [1.54, 1.807) is 31.0 Å². The highest BCUT2D eigenvalue weighted by atomic mass is 32.1. The first-order valence-electron chi connectivity index (χ1n) is 11.0. The third-order valence-corrected chi connectivity index (χ3v) is 6.72. The monoisotopic (exact) mass is 482 g/mol. The van der Waals surface area contributed by atoms with E-state index in [4.69, 9.17) is 4.74 Å². The lowest BCUT2D eigenvalue weighted by Gasteiger charge is -2.25. The molecule has 35 heavy (non-hydrogen) atoms. The Balaban J connectivity index is 1.67. The highest BCUT2D eigenvalue weighted by Gasteiger charge is 2.32. The lowest BCUT2D eigenvalue weighted by atomic mass is 9.95. The number of carbonyl (C=O) groups excluding carboxylic acids is 1. The summed E-state index contributed by atoms with van der Waals surface area (Å²) in [4.78, 5) is 36.4. The minimum atomic E-state index is -0.638. The van der Waals surface area contributed by atoms with E-state index in [0.29, 0.717) is 32.0 Å². The molecule has 7 nitrogen and oxygen atoms in total. The van der Waals surface area contributed by atoms with E-state index in [2.05, 4.69) is 15.3 Å². The first-order valence-corrected chi connectivity index (χ1v) is 11.8. The van der Waals surface area contributed by atoms with Crippen LogP contribution in [0.2, 0.25) is 0 Å². The molecule has 0 unspecified atom stereocenters. The van der Waals surface area contributed by atoms with Crippen molar-refractivity contribution in [1.82, 2.24) is 9.55 Å². The second-order valence-corrected chi connectivity index (χ2v) is 8.96. The third kappa shape index (κ3) is 4.43. The van der Waals surface area contributed by atoms with Gasteiger partial charge in [-0.25, -0.2) is 4.99 Å². The number of methoxy groups -OCH3 is 1. The van der Waals surface area contributed by atoms with Crippen LogP contribution in [0.3, 0.4) is 0 Å². The highest BCUT2D eigenvalue weighted by molar-refractivity contribution is 7.07. The quantitative estimate of drug-likeness (QED) is 0.473. The van der Waals surface area contributed by atoms with Gasteiger partial charge in [-0.1, -0.05) is 41.7 Å². The van der Waals surface area contributed by atoms with Gasteiger partial charge in [-0.05, 0) is 60.5 Å². The van der Waals surface area contributed by atoms with Gasteiger partial charge in [0, 0.05) is 18.1 Å². The number of nitrogens with one attached hydrogen (secondary N) is 1. The molecule has 0 fully saturated rings. The van der Waals surface area contributed by atoms with Gasteiger partial charge in [0.25, 0.3) is 11.5 Å². The van der Waals surface area contributed by atoms with E-state index in [-0.39, 0.29) is 11.5 Å². The summed E-state index contributed by atoms with van der Waals surface area (Å²) in [5, 5.41) is 2.95. The molecule has 1 amide bonds. The molecule has 2 aromatic carbocycles. The number of pyridine rings is 1. The number of rotatable bonds is 5. The topological polar surface area (TPSA) is 85.6 Å². The number of nitrogens with zero attached hydrogens (tertiary/aromatic N) is 3. The van der Waals surface area contributed by atoms with Crippen LogP contribution in [0, 0.1) is 0 Å². The van der Waals surface area contributed by atoms with Gasteiger partial charge in [-0.15, -0.1) is 0 Å². The van der Waals surface area contributed by atoms with Crippen LogP contribution in [0.1, 0.15) is 24.1 Å². The minimum absolute atomic E-state index is 0.205. The van der Waals surface area contributed by atoms with E-state index < -0.39 is 6.04 Å². The fourth-order valence-electron chi connectivity index (χ4n) is 4.04. The first kappa shape index (κ1) is 22.5. The van der Waals surface area contributed by atoms with Crippen LogP contribution in [0.5, 0.6) is 5.75 Å². The molecule has 1 N–H and O–H groups in total. The average Bonchev–Trinajstić information content (AvgIpc) is 3.18. The van der Waals surface area contributed by atoms with Crippen LogP contribution in [0.4, 0.5) is 5.69 Å². The van der Waals surface area contributed by atoms with Gasteiger partial charge in [0.05, 0.1) is 29.0 Å². The maximum atomic E-state index is 13.6. The predicted molar refractivity (Wildman–Crippen MR) is 136 cm³/mol. The SMILES string of the molecule is COc1ccc([C@H]2C(C(=O)Nc3ccccc3)=C(C)N=c3s/c(=C\c4ccncc4)c(=O)n32)cc1. The van der Waals surface area contributed by atoms with Crippen LogP contribution in [0.25, 0.3) is 6.08 Å². The van der Waals surface area contributed by atoms with Gasteiger partial charge in [-0.3, -0.25) is 19.1 Å². The van der Waals surface area contributed by atoms with Gasteiger partial charge in [0.15, 0.2) is 4.80 Å². The molecule has 0 aliphatic carbocycles. The molecule has 0 bridgehead atoms. The number of hydrogen-bond acceptors (Lipinski definition) is 6. The van der Waals surface area contributed by atoms with Gasteiger partial charge in [0.1, 0.15) is 5.75 Å². The van der Waals surface area contributed by atoms with E-state index in [1.165, 1.54) is 11.3 Å². The van der Waals surface area contributed by atoms with Crippen LogP contribution < -0.4 is 24.9 Å². The third-order valence-electron chi connectivity index (χ3n) is 5.73. The second kappa shape index (κ2) is 9.52. The molecule has 0 radical (unpaired) electrons. The summed E-state index contributed by atoms with van der Waals surface area (Å²) in [7, 11) is 1.60. The Morgan fingerprint density at radius 1 is 1.06 bits per heavy atom. The molecule has 4 aromatic rings. The Kier molecular flexibility index (Phi) is 6.12. The van der Waals surface area contributed by atoms with E-state index in [9.17, 15) is 9.59 Å². The summed E-state index contributed by atoms with van der Waals surface area (Å²) in [5.74, 6) is 0.386. The molecule has 1 aliphatic heterocycles. The van der Waals surface area contributed by atoms with E-state index in [1.807, 2.05) is 72.8 Å². The number of para-hydroxylation sites is 1. The summed E-state index contributed by atoms with van der Waals surface area (Å²) in [5.41, 5.74) is 3.10. The summed E-state index contributed by atoms with van der Waals surface area (Å²) < 4.78 is 7.45. The zero-order chi connectivity index (χ0) is 24.4. The highest BCUT2D eigenvalue weighted by Crippen LogP contribution is 2.31. The van der Waals surface area contributed by atoms with Crippen molar-refractivity contribution in [3.8, 4) is 5.75 Å². The summed E-state index contributed by atoms with van der Waals surface area (Å²) in [6, 6.07) is 19.7. The van der Waals surface area contributed by atoms with Gasteiger partial charge >= 0.3 is 0 Å². The zero-order valence-electron chi connectivity index (χ0n) is 19.1. The van der Waals surface area contributed by atoms with Gasteiger partial charge in [0.2, 0.25) is 0 Å². The number of fused-ring (bicyclic) bond motifs is 1. The minimum Gasteiger partial charge on any atom is -0.497 e. The van der Waals surface area contributed by atoms with Gasteiger partial charge in [-0.2, -0.15) is 0 Å². The number of amides is 1. The molecule has 3 heterocycles. The van der Waals surface area contributed by atoms with Crippen LogP contribution in [0.15, 0.2) is 100 Å². The van der Waals surface area contributed by atoms with Crippen molar-refractivity contribution in [1.29, 1.82) is 0 Å². The fourth-order valence-corrected chi connectivity index (χ4v) is 5.09. The average molecular weight is 483 g/mol. The molecular weight excluding hydrogens is 460 g/mol. The van der Waals surface area contributed by atoms with Crippen molar-refractivity contribution in [2.45, 2.75) is 13.0 Å². The summed E-state index contributed by atoms with van der Waals surface area (Å²) in [6.45, 7) is 1.80. The van der Waals surface area contributed by atoms with Crippen molar-refractivity contribution >= 4 is 29.0 Å². The molecule has 8 heteroatoms. The number of aromatic nitrogens is 2. The number of allylic oxidation sites excluding steroid dienone is 1. The Bertz CT molecular complexity index is 1590. The largest absolute Gasteiger partial charge is 0.497 e. The molecule has 5 rings (SSSR count). The molecule has 0 saturated heterocycles. The van der Waals surface area contributed by atoms with E-state index in [0.717, 1.165) is 11.1 Å². The molecule has 174 valence electrons. The zero-order valence-corrected chi connectivity index (χ0v) is 20.0. The fraction of sp³-hybridized carbons (Fsp3) is 0.111. The van der Waals surface area contributed by atoms with Crippen LogP contribution in [-0.2, 0) is 4.79 Å². The van der Waals surface area contributed by atoms with Crippen molar-refractivity contribution < 1.29 is 9.53 Å². The number of thiazole rings is 1. The smallest absolute Gasteiger partial charge is 0.271 e. The number of ether oxygens (including phenoxy) is 1. The molecule has 1 atom stereocenters. The Labute approximate surface area is 205 Å². The number of hydrogen-bond donors (Lipinski definition) is 1. The van der Waals surface area contributed by atoms with Crippen molar-refractivity contribution in [3.63, 3.8) is 0 Å². The first-order chi connectivity index (χ1) is 17.0. The molecule has 1 aliphatic rings. The Hall–Kier alpha value is -4.30. The van der Waals surface area contributed by atoms with Crippen molar-refractivity contribution in [2.75, 3.05) is 12.4 Å². The maximum Gasteiger partial charge on any atom is 0.271 e. The van der Waals surface area contributed by atoms with Crippen molar-refractivity contribution in [3.05, 3.63) is 121 Å². The number of anilines is 1. The number of carbonyl (C=O) groups is 1. The predicted octanol–water partition coefficient (Wildman–Crippen LogP) is 3.28.